The van der Waals surface area contributed by atoms with Crippen LogP contribution in [0.2, 0.25) is 0 Å². The van der Waals surface area contributed by atoms with E-state index >= 15 is 0 Å². The summed E-state index contributed by atoms with van der Waals surface area (Å²) in [5, 5.41) is 7.19. The molecule has 2 aromatic heterocycles. The van der Waals surface area contributed by atoms with Crippen molar-refractivity contribution in [3.05, 3.63) is 77.7 Å². The van der Waals surface area contributed by atoms with Crippen molar-refractivity contribution in [2.24, 2.45) is 0 Å². The highest BCUT2D eigenvalue weighted by Gasteiger charge is 2.16. The van der Waals surface area contributed by atoms with Gasteiger partial charge in [-0.25, -0.2) is 14.3 Å². The molecule has 0 saturated heterocycles. The molecule has 1 amide bonds. The lowest BCUT2D eigenvalue weighted by Crippen LogP contribution is -2.32. The second-order valence-electron chi connectivity index (χ2n) is 10.1. The first-order chi connectivity index (χ1) is 17.9. The zero-order chi connectivity index (χ0) is 27.5. The van der Waals surface area contributed by atoms with Crippen LogP contribution in [-0.2, 0) is 32.0 Å². The Morgan fingerprint density at radius 3 is 2.39 bits per heavy atom. The van der Waals surface area contributed by atoms with E-state index in [1.807, 2.05) is 76.4 Å². The smallest absolute Gasteiger partial charge is 0.407 e. The van der Waals surface area contributed by atoms with E-state index in [2.05, 4.69) is 21.5 Å². The predicted molar refractivity (Wildman–Crippen MR) is 146 cm³/mol. The van der Waals surface area contributed by atoms with Crippen LogP contribution in [0.1, 0.15) is 37.5 Å². The van der Waals surface area contributed by atoms with Gasteiger partial charge in [-0.05, 0) is 68.5 Å². The Labute approximate surface area is 222 Å². The third kappa shape index (κ3) is 7.17. The van der Waals surface area contributed by atoms with Gasteiger partial charge in [0.15, 0.2) is 0 Å². The number of amides is 1. The number of nitrogens with zero attached hydrogens (tertiary/aromatic N) is 3. The van der Waals surface area contributed by atoms with Gasteiger partial charge in [0, 0.05) is 23.9 Å². The number of benzene rings is 2. The largest absolute Gasteiger partial charge is 0.444 e. The average Bonchev–Trinajstić information content (AvgIpc) is 3.26. The molecule has 38 heavy (non-hydrogen) atoms. The van der Waals surface area contributed by atoms with Crippen LogP contribution in [0.15, 0.2) is 61.1 Å². The van der Waals surface area contributed by atoms with Crippen molar-refractivity contribution < 1.29 is 22.1 Å². The lowest BCUT2D eigenvalue weighted by atomic mass is 10.0. The fourth-order valence-electron chi connectivity index (χ4n) is 4.01. The van der Waals surface area contributed by atoms with Crippen molar-refractivity contribution in [1.29, 1.82) is 0 Å². The lowest BCUT2D eigenvalue weighted by molar-refractivity contribution is 0.0523. The Bertz CT molecular complexity index is 1550. The summed E-state index contributed by atoms with van der Waals surface area (Å²) in [6, 6.07) is 16.0. The SMILES string of the molecule is Cc1cc(-c2ncnn3cc(-c4ccc(CCOS(C)(=O)=O)cc4)cc23)ccc1CNC(=O)OC(C)(C)C. The fraction of sp³-hybridized carbons (Fsp3) is 0.321. The molecule has 0 unspecified atom stereocenters. The van der Waals surface area contributed by atoms with Gasteiger partial charge in [-0.15, -0.1) is 0 Å². The van der Waals surface area contributed by atoms with Gasteiger partial charge in [0.05, 0.1) is 24.1 Å². The molecule has 0 aliphatic heterocycles. The molecule has 9 nitrogen and oxygen atoms in total. The molecular formula is C28H32N4O5S. The first kappa shape index (κ1) is 27.3. The first-order valence-electron chi connectivity index (χ1n) is 12.2. The van der Waals surface area contributed by atoms with Crippen LogP contribution < -0.4 is 5.32 Å². The number of hydrogen-bond acceptors (Lipinski definition) is 7. The highest BCUT2D eigenvalue weighted by Crippen LogP contribution is 2.29. The molecule has 200 valence electrons. The maximum atomic E-state index is 12.0. The molecule has 2 aromatic carbocycles. The van der Waals surface area contributed by atoms with Gasteiger partial charge in [-0.3, -0.25) is 4.18 Å². The van der Waals surface area contributed by atoms with E-state index in [1.165, 1.54) is 6.33 Å². The van der Waals surface area contributed by atoms with Crippen LogP contribution in [0.25, 0.3) is 27.9 Å². The number of aromatic nitrogens is 3. The Morgan fingerprint density at radius 1 is 1.03 bits per heavy atom. The molecule has 2 heterocycles. The van der Waals surface area contributed by atoms with Gasteiger partial charge in [-0.2, -0.15) is 13.5 Å². The van der Waals surface area contributed by atoms with Crippen LogP contribution >= 0.6 is 0 Å². The second-order valence-corrected chi connectivity index (χ2v) is 11.8. The van der Waals surface area contributed by atoms with Crippen molar-refractivity contribution in [2.45, 2.75) is 46.3 Å². The number of fused-ring (bicyclic) bond motifs is 1. The number of hydrogen-bond donors (Lipinski definition) is 1. The van der Waals surface area contributed by atoms with Gasteiger partial charge in [0.1, 0.15) is 11.9 Å². The molecule has 1 N–H and O–H groups in total. The third-order valence-electron chi connectivity index (χ3n) is 5.82. The minimum Gasteiger partial charge on any atom is -0.444 e. The average molecular weight is 537 g/mol. The topological polar surface area (TPSA) is 112 Å². The summed E-state index contributed by atoms with van der Waals surface area (Å²) in [6.07, 6.45) is 4.58. The van der Waals surface area contributed by atoms with Crippen molar-refractivity contribution >= 4 is 21.7 Å². The zero-order valence-corrected chi connectivity index (χ0v) is 23.0. The van der Waals surface area contributed by atoms with Gasteiger partial charge in [-0.1, -0.05) is 36.4 Å². The minimum atomic E-state index is -3.44. The van der Waals surface area contributed by atoms with Crippen molar-refractivity contribution in [3.8, 4) is 22.4 Å². The number of alkyl carbamates (subject to hydrolysis) is 1. The highest BCUT2D eigenvalue weighted by atomic mass is 32.2. The third-order valence-corrected chi connectivity index (χ3v) is 6.41. The Balaban J connectivity index is 1.51. The maximum Gasteiger partial charge on any atom is 0.407 e. The predicted octanol–water partition coefficient (Wildman–Crippen LogP) is 4.92. The molecule has 0 atom stereocenters. The first-order valence-corrected chi connectivity index (χ1v) is 14.0. The number of carbonyl (C=O) groups excluding carboxylic acids is 1. The zero-order valence-electron chi connectivity index (χ0n) is 22.2. The van der Waals surface area contributed by atoms with E-state index in [4.69, 9.17) is 8.92 Å². The summed E-state index contributed by atoms with van der Waals surface area (Å²) in [5.74, 6) is 0. The van der Waals surface area contributed by atoms with Gasteiger partial charge in [0.25, 0.3) is 10.1 Å². The monoisotopic (exact) mass is 536 g/mol. The molecule has 10 heteroatoms. The Hall–Kier alpha value is -3.76. The summed E-state index contributed by atoms with van der Waals surface area (Å²) >= 11 is 0. The fourth-order valence-corrected chi connectivity index (χ4v) is 4.39. The molecule has 4 aromatic rings. The number of carbonyl (C=O) groups is 1. The van der Waals surface area contributed by atoms with Crippen molar-refractivity contribution in [2.75, 3.05) is 12.9 Å². The van der Waals surface area contributed by atoms with Gasteiger partial charge >= 0.3 is 6.09 Å². The van der Waals surface area contributed by atoms with Crippen molar-refractivity contribution in [1.82, 2.24) is 19.9 Å². The molecule has 0 spiro atoms. The summed E-state index contributed by atoms with van der Waals surface area (Å²) in [7, 11) is -3.44. The molecule has 0 saturated carbocycles. The van der Waals surface area contributed by atoms with Crippen LogP contribution in [0.5, 0.6) is 0 Å². The lowest BCUT2D eigenvalue weighted by Gasteiger charge is -2.20. The highest BCUT2D eigenvalue weighted by molar-refractivity contribution is 7.85. The second kappa shape index (κ2) is 10.9. The molecule has 0 aliphatic rings. The standard InChI is InChI=1S/C28H32N4O5S/c1-19-14-22(10-11-23(19)16-29-27(33)37-28(2,3)4)26-25-15-24(17-32(25)31-18-30-26)21-8-6-20(7-9-21)12-13-36-38(5,34)35/h6-11,14-15,17-18H,12-13,16H2,1-5H3,(H,29,33). The summed E-state index contributed by atoms with van der Waals surface area (Å²) in [4.78, 5) is 16.6. The van der Waals surface area contributed by atoms with Crippen LogP contribution in [0.4, 0.5) is 4.79 Å². The quantitative estimate of drug-likeness (QED) is 0.318. The molecule has 0 bridgehead atoms. The molecule has 0 radical (unpaired) electrons. The molecule has 0 fully saturated rings. The van der Waals surface area contributed by atoms with Gasteiger partial charge in [0.2, 0.25) is 0 Å². The van der Waals surface area contributed by atoms with Crippen LogP contribution in [0, 0.1) is 6.92 Å². The molecular weight excluding hydrogens is 504 g/mol. The van der Waals surface area contributed by atoms with Crippen molar-refractivity contribution in [3.63, 3.8) is 0 Å². The number of aryl methyl sites for hydroxylation is 1. The van der Waals surface area contributed by atoms with E-state index in [-0.39, 0.29) is 6.61 Å². The maximum absolute atomic E-state index is 12.0. The summed E-state index contributed by atoms with van der Waals surface area (Å²) in [6.45, 7) is 7.97. The Kier molecular flexibility index (Phi) is 7.84. The van der Waals surface area contributed by atoms with E-state index in [0.717, 1.165) is 50.8 Å². The molecule has 0 aliphatic carbocycles. The van der Waals surface area contributed by atoms with E-state index in [9.17, 15) is 13.2 Å². The summed E-state index contributed by atoms with van der Waals surface area (Å²) < 4.78 is 34.3. The number of nitrogens with one attached hydrogen (secondary N) is 1. The van der Waals surface area contributed by atoms with E-state index in [0.29, 0.717) is 13.0 Å². The molecule has 4 rings (SSSR count). The van der Waals surface area contributed by atoms with E-state index < -0.39 is 21.8 Å². The van der Waals surface area contributed by atoms with Crippen LogP contribution in [0.3, 0.4) is 0 Å². The number of rotatable bonds is 8. The van der Waals surface area contributed by atoms with E-state index in [1.54, 1.807) is 4.52 Å². The normalized spacial score (nSPS) is 12.0. The van der Waals surface area contributed by atoms with Gasteiger partial charge < -0.3 is 10.1 Å². The number of ether oxygens (including phenoxy) is 1. The summed E-state index contributed by atoms with van der Waals surface area (Å²) in [5.41, 5.74) is 7.06. The van der Waals surface area contributed by atoms with Crippen LogP contribution in [-0.4, -0.2) is 47.6 Å². The minimum absolute atomic E-state index is 0.114. The Morgan fingerprint density at radius 2 is 1.74 bits per heavy atom.